The molecule has 4 fully saturated rings. The second kappa shape index (κ2) is 9.00. The van der Waals surface area contributed by atoms with Crippen molar-refractivity contribution in [1.82, 2.24) is 14.7 Å². The van der Waals surface area contributed by atoms with E-state index in [9.17, 15) is 4.79 Å². The summed E-state index contributed by atoms with van der Waals surface area (Å²) in [6, 6.07) is 1.41. The third kappa shape index (κ3) is 4.41. The Morgan fingerprint density at radius 1 is 0.692 bits per heavy atom. The molecule has 1 unspecified atom stereocenters. The molecule has 4 saturated heterocycles. The van der Waals surface area contributed by atoms with Gasteiger partial charge in [-0.3, -0.25) is 9.69 Å². The number of hydrogen-bond acceptors (Lipinski definition) is 5. The third-order valence-electron chi connectivity index (χ3n) is 6.85. The van der Waals surface area contributed by atoms with Crippen molar-refractivity contribution in [1.29, 1.82) is 0 Å². The van der Waals surface area contributed by atoms with Crippen molar-refractivity contribution < 1.29 is 14.3 Å². The van der Waals surface area contributed by atoms with Crippen LogP contribution >= 0.6 is 0 Å². The van der Waals surface area contributed by atoms with Crippen molar-refractivity contribution in [2.45, 2.75) is 50.6 Å². The second-order valence-electron chi connectivity index (χ2n) is 8.38. The Morgan fingerprint density at radius 2 is 1.35 bits per heavy atom. The molecule has 4 aliphatic heterocycles. The predicted octanol–water partition coefficient (Wildman–Crippen LogP) is 1.20. The van der Waals surface area contributed by atoms with Crippen molar-refractivity contribution in [2.24, 2.45) is 5.92 Å². The highest BCUT2D eigenvalue weighted by molar-refractivity contribution is 5.79. The van der Waals surface area contributed by atoms with Gasteiger partial charge in [0.1, 0.15) is 0 Å². The largest absolute Gasteiger partial charge is 0.381 e. The summed E-state index contributed by atoms with van der Waals surface area (Å²) in [5.41, 5.74) is 0. The first kappa shape index (κ1) is 18.7. The summed E-state index contributed by atoms with van der Waals surface area (Å²) in [7, 11) is 0. The molecule has 6 heteroatoms. The van der Waals surface area contributed by atoms with Gasteiger partial charge in [0.2, 0.25) is 5.91 Å². The van der Waals surface area contributed by atoms with Gasteiger partial charge in [0.25, 0.3) is 0 Å². The van der Waals surface area contributed by atoms with Gasteiger partial charge in [-0.15, -0.1) is 0 Å². The van der Waals surface area contributed by atoms with Crippen molar-refractivity contribution >= 4 is 5.91 Å². The molecule has 6 nitrogen and oxygen atoms in total. The molecule has 0 aromatic rings. The molecule has 4 rings (SSSR count). The van der Waals surface area contributed by atoms with Crippen LogP contribution in [0.4, 0.5) is 0 Å². The van der Waals surface area contributed by atoms with Crippen LogP contribution in [0.5, 0.6) is 0 Å². The van der Waals surface area contributed by atoms with Crippen LogP contribution < -0.4 is 0 Å². The number of carbonyl (C=O) groups is 1. The van der Waals surface area contributed by atoms with Gasteiger partial charge in [0, 0.05) is 44.9 Å². The van der Waals surface area contributed by atoms with E-state index in [0.29, 0.717) is 25.2 Å². The molecule has 1 amide bonds. The Morgan fingerprint density at radius 3 is 2.08 bits per heavy atom. The minimum absolute atomic E-state index is 0.204. The van der Waals surface area contributed by atoms with Crippen LogP contribution in [-0.2, 0) is 14.3 Å². The lowest BCUT2D eigenvalue weighted by molar-refractivity contribution is -0.142. The van der Waals surface area contributed by atoms with E-state index in [1.165, 1.54) is 51.7 Å². The molecule has 0 spiro atoms. The van der Waals surface area contributed by atoms with Gasteiger partial charge in [0.15, 0.2) is 0 Å². The molecular weight excluding hydrogens is 330 g/mol. The quantitative estimate of drug-likeness (QED) is 0.752. The number of ether oxygens (including phenoxy) is 2. The van der Waals surface area contributed by atoms with Gasteiger partial charge in [-0.25, -0.2) is 0 Å². The summed E-state index contributed by atoms with van der Waals surface area (Å²) in [6.07, 6.45) is 7.15. The van der Waals surface area contributed by atoms with Crippen LogP contribution in [0.1, 0.15) is 38.5 Å². The average molecular weight is 366 g/mol. The van der Waals surface area contributed by atoms with Crippen LogP contribution in [0.3, 0.4) is 0 Å². The molecule has 0 aromatic heterocycles. The summed E-state index contributed by atoms with van der Waals surface area (Å²) in [5, 5.41) is 0. The molecule has 26 heavy (non-hydrogen) atoms. The Bertz CT molecular complexity index is 455. The number of carbonyl (C=O) groups excluding carboxylic acids is 1. The van der Waals surface area contributed by atoms with Crippen molar-refractivity contribution in [3.8, 4) is 0 Å². The molecule has 0 N–H and O–H groups in total. The number of rotatable bonds is 3. The Kier molecular flexibility index (Phi) is 6.46. The maximum atomic E-state index is 12.9. The zero-order valence-corrected chi connectivity index (χ0v) is 16.1. The number of hydrogen-bond donors (Lipinski definition) is 0. The molecule has 0 aliphatic carbocycles. The van der Waals surface area contributed by atoms with Gasteiger partial charge in [-0.05, 0) is 58.2 Å². The molecule has 0 bridgehead atoms. The monoisotopic (exact) mass is 365 g/mol. The maximum Gasteiger partial charge on any atom is 0.227 e. The first-order chi connectivity index (χ1) is 12.8. The molecule has 4 heterocycles. The fraction of sp³-hybridized carbons (Fsp3) is 0.950. The van der Waals surface area contributed by atoms with E-state index in [1.807, 2.05) is 4.90 Å². The van der Waals surface area contributed by atoms with Crippen LogP contribution in [0.2, 0.25) is 0 Å². The van der Waals surface area contributed by atoms with Crippen molar-refractivity contribution in [2.75, 3.05) is 65.7 Å². The van der Waals surface area contributed by atoms with Crippen molar-refractivity contribution in [3.05, 3.63) is 0 Å². The van der Waals surface area contributed by atoms with Gasteiger partial charge in [-0.2, -0.15) is 0 Å². The summed E-state index contributed by atoms with van der Waals surface area (Å²) < 4.78 is 10.9. The van der Waals surface area contributed by atoms with E-state index < -0.39 is 0 Å². The average Bonchev–Trinajstić information content (AvgIpc) is 2.75. The molecule has 0 saturated carbocycles. The summed E-state index contributed by atoms with van der Waals surface area (Å²) >= 11 is 0. The number of piperidine rings is 2. The van der Waals surface area contributed by atoms with Crippen LogP contribution in [0, 0.1) is 5.92 Å². The fourth-order valence-corrected chi connectivity index (χ4v) is 5.25. The standard InChI is InChI=1S/C20H35N3O3/c24-20(22-10-14-26-15-11-22)17-2-1-7-23(16-17)18-3-8-21(9-4-18)19-5-12-25-13-6-19/h17-19H,1-16H2. The molecule has 148 valence electrons. The highest BCUT2D eigenvalue weighted by Crippen LogP contribution is 2.27. The number of amides is 1. The molecular formula is C20H35N3O3. The maximum absolute atomic E-state index is 12.9. The van der Waals surface area contributed by atoms with Gasteiger partial charge >= 0.3 is 0 Å². The summed E-state index contributed by atoms with van der Waals surface area (Å²) in [5.74, 6) is 0.577. The SMILES string of the molecule is O=C(C1CCCN(C2CCN(C3CCOCC3)CC2)C1)N1CCOCC1. The topological polar surface area (TPSA) is 45.2 Å². The molecule has 4 aliphatic rings. The lowest BCUT2D eigenvalue weighted by Crippen LogP contribution is -2.53. The minimum atomic E-state index is 0.204. The predicted molar refractivity (Wildman–Crippen MR) is 100 cm³/mol. The van der Waals surface area contributed by atoms with Gasteiger partial charge in [-0.1, -0.05) is 0 Å². The number of nitrogens with zero attached hydrogens (tertiary/aromatic N) is 3. The van der Waals surface area contributed by atoms with E-state index in [1.54, 1.807) is 0 Å². The van der Waals surface area contributed by atoms with Crippen LogP contribution in [0.15, 0.2) is 0 Å². The van der Waals surface area contributed by atoms with E-state index in [4.69, 9.17) is 9.47 Å². The smallest absolute Gasteiger partial charge is 0.227 e. The van der Waals surface area contributed by atoms with Crippen LogP contribution in [0.25, 0.3) is 0 Å². The number of morpholine rings is 1. The highest BCUT2D eigenvalue weighted by Gasteiger charge is 2.35. The Labute approximate surface area is 157 Å². The molecule has 0 aromatic carbocycles. The Hall–Kier alpha value is -0.690. The van der Waals surface area contributed by atoms with E-state index in [0.717, 1.165) is 45.3 Å². The first-order valence-electron chi connectivity index (χ1n) is 10.7. The zero-order chi connectivity index (χ0) is 17.8. The third-order valence-corrected chi connectivity index (χ3v) is 6.85. The second-order valence-corrected chi connectivity index (χ2v) is 8.38. The number of likely N-dealkylation sites (tertiary alicyclic amines) is 2. The lowest BCUT2D eigenvalue weighted by atomic mass is 9.92. The fourth-order valence-electron chi connectivity index (χ4n) is 5.25. The minimum Gasteiger partial charge on any atom is -0.381 e. The van der Waals surface area contributed by atoms with Crippen LogP contribution in [-0.4, -0.2) is 98.4 Å². The highest BCUT2D eigenvalue weighted by atomic mass is 16.5. The van der Waals surface area contributed by atoms with E-state index in [-0.39, 0.29) is 5.92 Å². The molecule has 1 atom stereocenters. The zero-order valence-electron chi connectivity index (χ0n) is 16.1. The summed E-state index contributed by atoms with van der Waals surface area (Å²) in [6.45, 7) is 9.40. The Balaban J connectivity index is 1.26. The lowest BCUT2D eigenvalue weighted by Gasteiger charge is -2.45. The van der Waals surface area contributed by atoms with Crippen molar-refractivity contribution in [3.63, 3.8) is 0 Å². The summed E-state index contributed by atoms with van der Waals surface area (Å²) in [4.78, 5) is 20.2. The van der Waals surface area contributed by atoms with E-state index >= 15 is 0 Å². The molecule has 0 radical (unpaired) electrons. The van der Waals surface area contributed by atoms with Gasteiger partial charge in [0.05, 0.1) is 19.1 Å². The van der Waals surface area contributed by atoms with Gasteiger partial charge < -0.3 is 19.3 Å². The van der Waals surface area contributed by atoms with E-state index in [2.05, 4.69) is 9.80 Å². The normalized spacial score (nSPS) is 31.2. The first-order valence-corrected chi connectivity index (χ1v) is 10.7.